The third-order valence-corrected chi connectivity index (χ3v) is 3.18. The summed E-state index contributed by atoms with van der Waals surface area (Å²) in [5.74, 6) is 2.13. The molecule has 2 aromatic heterocycles. The van der Waals surface area contributed by atoms with E-state index in [0.29, 0.717) is 5.82 Å². The molecule has 19 heavy (non-hydrogen) atoms. The molecule has 0 atom stereocenters. The molecule has 0 aliphatic rings. The summed E-state index contributed by atoms with van der Waals surface area (Å²) in [7, 11) is 1.65. The van der Waals surface area contributed by atoms with Gasteiger partial charge in [-0.2, -0.15) is 5.10 Å². The minimum Gasteiger partial charge on any atom is -0.497 e. The summed E-state index contributed by atoms with van der Waals surface area (Å²) in [5, 5.41) is 6.68. The Morgan fingerprint density at radius 3 is 2.89 bits per heavy atom. The summed E-state index contributed by atoms with van der Waals surface area (Å²) in [4.78, 5) is 4.64. The van der Waals surface area contributed by atoms with Crippen LogP contribution in [0.3, 0.4) is 0 Å². The number of H-pyrrole nitrogens is 1. The summed E-state index contributed by atoms with van der Waals surface area (Å²) in [6.45, 7) is 2.88. The van der Waals surface area contributed by atoms with E-state index in [2.05, 4.69) is 26.7 Å². The molecular weight excluding hydrogens is 242 g/mol. The van der Waals surface area contributed by atoms with E-state index in [-0.39, 0.29) is 0 Å². The lowest BCUT2D eigenvalue weighted by molar-refractivity contribution is 0.415. The lowest BCUT2D eigenvalue weighted by atomic mass is 10.3. The molecule has 3 N–H and O–H groups in total. The Bertz CT molecular complexity index is 728. The van der Waals surface area contributed by atoms with Crippen molar-refractivity contribution in [2.45, 2.75) is 13.5 Å². The molecule has 0 amide bonds. The number of nitrogen functional groups attached to an aromatic ring is 1. The van der Waals surface area contributed by atoms with Crippen LogP contribution in [0, 0.1) is 0 Å². The van der Waals surface area contributed by atoms with Gasteiger partial charge < -0.3 is 15.0 Å². The average molecular weight is 257 g/mol. The van der Waals surface area contributed by atoms with Crippen LogP contribution in [-0.4, -0.2) is 26.9 Å². The first-order valence-electron chi connectivity index (χ1n) is 6.08. The van der Waals surface area contributed by atoms with Crippen molar-refractivity contribution in [3.63, 3.8) is 0 Å². The van der Waals surface area contributed by atoms with Crippen molar-refractivity contribution in [3.8, 4) is 17.1 Å². The molecule has 0 bridgehead atoms. The zero-order valence-electron chi connectivity index (χ0n) is 10.8. The first-order chi connectivity index (χ1) is 9.24. The predicted octanol–water partition coefficient (Wildman–Crippen LogP) is 2.04. The number of imidazole rings is 1. The molecule has 3 aromatic rings. The van der Waals surface area contributed by atoms with Crippen LogP contribution in [0.25, 0.3) is 22.4 Å². The van der Waals surface area contributed by atoms with E-state index in [9.17, 15) is 0 Å². The number of ether oxygens (including phenoxy) is 1. The highest BCUT2D eigenvalue weighted by Crippen LogP contribution is 2.29. The largest absolute Gasteiger partial charge is 0.497 e. The lowest BCUT2D eigenvalue weighted by Crippen LogP contribution is -1.98. The molecule has 0 fully saturated rings. The molecule has 0 aliphatic carbocycles. The number of nitrogens with two attached hydrogens (primary N) is 1. The topological polar surface area (TPSA) is 81.8 Å². The second-order valence-electron chi connectivity index (χ2n) is 4.23. The molecule has 98 valence electrons. The van der Waals surface area contributed by atoms with Gasteiger partial charge in [0.25, 0.3) is 0 Å². The molecular formula is C13H15N5O. The predicted molar refractivity (Wildman–Crippen MR) is 74.0 cm³/mol. The Kier molecular flexibility index (Phi) is 2.63. The maximum atomic E-state index is 5.88. The molecule has 0 spiro atoms. The number of nitrogens with zero attached hydrogens (tertiary/aromatic N) is 3. The minimum atomic E-state index is 0.525. The van der Waals surface area contributed by atoms with Crippen molar-refractivity contribution in [2.75, 3.05) is 12.8 Å². The van der Waals surface area contributed by atoms with E-state index in [1.807, 2.05) is 18.2 Å². The Morgan fingerprint density at radius 2 is 2.26 bits per heavy atom. The summed E-state index contributed by atoms with van der Waals surface area (Å²) < 4.78 is 7.33. The number of anilines is 1. The first-order valence-corrected chi connectivity index (χ1v) is 6.08. The monoisotopic (exact) mass is 257 g/mol. The maximum Gasteiger partial charge on any atom is 0.146 e. The zero-order chi connectivity index (χ0) is 13.4. The Labute approximate surface area is 110 Å². The minimum absolute atomic E-state index is 0.525. The standard InChI is InChI=1S/C13H15N5O/c1-3-18-11-5-4-8(19-2)6-10(11)16-13(18)9-7-15-17-12(9)14/h4-7H,3H2,1-2H3,(H3,14,15,17). The van der Waals surface area contributed by atoms with Crippen LogP contribution in [-0.2, 0) is 6.54 Å². The number of rotatable bonds is 3. The number of methoxy groups -OCH3 is 1. The van der Waals surface area contributed by atoms with Crippen molar-refractivity contribution >= 4 is 16.9 Å². The van der Waals surface area contributed by atoms with Crippen LogP contribution >= 0.6 is 0 Å². The Morgan fingerprint density at radius 1 is 1.42 bits per heavy atom. The van der Waals surface area contributed by atoms with Crippen molar-refractivity contribution < 1.29 is 4.74 Å². The van der Waals surface area contributed by atoms with Gasteiger partial charge >= 0.3 is 0 Å². The molecule has 0 unspecified atom stereocenters. The first kappa shape index (κ1) is 11.6. The SMILES string of the molecule is CCn1c(-c2cn[nH]c2N)nc2cc(OC)ccc21. The number of benzene rings is 1. The van der Waals surface area contributed by atoms with E-state index in [4.69, 9.17) is 10.5 Å². The van der Waals surface area contributed by atoms with Gasteiger partial charge in [-0.1, -0.05) is 0 Å². The van der Waals surface area contributed by atoms with E-state index in [0.717, 1.165) is 34.7 Å². The molecule has 2 heterocycles. The van der Waals surface area contributed by atoms with Gasteiger partial charge in [-0.3, -0.25) is 5.10 Å². The molecule has 0 saturated carbocycles. The van der Waals surface area contributed by atoms with Gasteiger partial charge in [0.2, 0.25) is 0 Å². The fourth-order valence-electron chi connectivity index (χ4n) is 2.24. The van der Waals surface area contributed by atoms with Gasteiger partial charge in [0.15, 0.2) is 0 Å². The number of fused-ring (bicyclic) bond motifs is 1. The highest BCUT2D eigenvalue weighted by molar-refractivity contribution is 5.83. The van der Waals surface area contributed by atoms with Gasteiger partial charge in [-0.05, 0) is 19.1 Å². The van der Waals surface area contributed by atoms with Gasteiger partial charge in [0.05, 0.1) is 29.9 Å². The maximum absolute atomic E-state index is 5.88. The average Bonchev–Trinajstić information content (AvgIpc) is 3.00. The molecule has 0 aliphatic heterocycles. The number of aromatic amines is 1. The summed E-state index contributed by atoms with van der Waals surface area (Å²) in [6, 6.07) is 5.85. The Hall–Kier alpha value is -2.50. The molecule has 6 heteroatoms. The van der Waals surface area contributed by atoms with E-state index in [1.54, 1.807) is 13.3 Å². The summed E-state index contributed by atoms with van der Waals surface area (Å²) in [5.41, 5.74) is 8.64. The molecule has 0 radical (unpaired) electrons. The van der Waals surface area contributed by atoms with E-state index in [1.165, 1.54) is 0 Å². The summed E-state index contributed by atoms with van der Waals surface area (Å²) >= 11 is 0. The summed E-state index contributed by atoms with van der Waals surface area (Å²) in [6.07, 6.45) is 1.69. The van der Waals surface area contributed by atoms with Crippen molar-refractivity contribution in [1.82, 2.24) is 19.7 Å². The van der Waals surface area contributed by atoms with Crippen molar-refractivity contribution in [1.29, 1.82) is 0 Å². The van der Waals surface area contributed by atoms with Crippen LogP contribution in [0.2, 0.25) is 0 Å². The van der Waals surface area contributed by atoms with Crippen molar-refractivity contribution in [3.05, 3.63) is 24.4 Å². The highest BCUT2D eigenvalue weighted by Gasteiger charge is 2.15. The number of hydrogen-bond donors (Lipinski definition) is 2. The number of aryl methyl sites for hydroxylation is 1. The smallest absolute Gasteiger partial charge is 0.146 e. The molecule has 0 saturated heterocycles. The second kappa shape index (κ2) is 4.31. The third kappa shape index (κ3) is 1.72. The normalized spacial score (nSPS) is 11.1. The van der Waals surface area contributed by atoms with Gasteiger partial charge in [0, 0.05) is 12.6 Å². The van der Waals surface area contributed by atoms with Crippen LogP contribution in [0.5, 0.6) is 5.75 Å². The number of hydrogen-bond acceptors (Lipinski definition) is 4. The quantitative estimate of drug-likeness (QED) is 0.752. The van der Waals surface area contributed by atoms with Crippen LogP contribution in [0.15, 0.2) is 24.4 Å². The Balaban J connectivity index is 2.27. The molecule has 6 nitrogen and oxygen atoms in total. The van der Waals surface area contributed by atoms with Crippen molar-refractivity contribution in [2.24, 2.45) is 0 Å². The third-order valence-electron chi connectivity index (χ3n) is 3.18. The van der Waals surface area contributed by atoms with E-state index >= 15 is 0 Å². The van der Waals surface area contributed by atoms with Crippen LogP contribution < -0.4 is 10.5 Å². The zero-order valence-corrected chi connectivity index (χ0v) is 10.8. The second-order valence-corrected chi connectivity index (χ2v) is 4.23. The highest BCUT2D eigenvalue weighted by atomic mass is 16.5. The van der Waals surface area contributed by atoms with Gasteiger partial charge in [-0.15, -0.1) is 0 Å². The molecule has 1 aromatic carbocycles. The van der Waals surface area contributed by atoms with E-state index < -0.39 is 0 Å². The number of aromatic nitrogens is 4. The van der Waals surface area contributed by atoms with Crippen LogP contribution in [0.4, 0.5) is 5.82 Å². The van der Waals surface area contributed by atoms with Gasteiger partial charge in [-0.25, -0.2) is 4.98 Å². The lowest BCUT2D eigenvalue weighted by Gasteiger charge is -2.05. The fraction of sp³-hybridized carbons (Fsp3) is 0.231. The fourth-order valence-corrected chi connectivity index (χ4v) is 2.24. The molecule has 3 rings (SSSR count). The van der Waals surface area contributed by atoms with Gasteiger partial charge in [0.1, 0.15) is 17.4 Å². The number of nitrogens with one attached hydrogen (secondary N) is 1. The van der Waals surface area contributed by atoms with Crippen LogP contribution in [0.1, 0.15) is 6.92 Å².